The summed E-state index contributed by atoms with van der Waals surface area (Å²) in [4.78, 5) is 26.1. The average Bonchev–Trinajstić information content (AvgIpc) is 3.42. The predicted molar refractivity (Wildman–Crippen MR) is 128 cm³/mol. The number of hydrogen-bond acceptors (Lipinski definition) is 9. The van der Waals surface area contributed by atoms with E-state index in [1.807, 2.05) is 32.2 Å². The Morgan fingerprint density at radius 2 is 2.25 bits per heavy atom. The molecule has 0 spiro atoms. The molecule has 0 saturated carbocycles. The minimum atomic E-state index is -0.00442. The molecule has 1 aliphatic rings. The van der Waals surface area contributed by atoms with Crippen molar-refractivity contribution < 1.29 is 9.53 Å². The van der Waals surface area contributed by atoms with E-state index in [0.717, 1.165) is 51.2 Å². The fourth-order valence-corrected chi connectivity index (χ4v) is 6.14. The van der Waals surface area contributed by atoms with Gasteiger partial charge in [-0.05, 0) is 61.5 Å². The highest BCUT2D eigenvalue weighted by atomic mass is 32.1. The maximum Gasteiger partial charge on any atom is 0.225 e. The molecule has 0 bridgehead atoms. The van der Waals surface area contributed by atoms with Gasteiger partial charge in [-0.3, -0.25) is 4.79 Å². The van der Waals surface area contributed by atoms with Crippen LogP contribution in [0.4, 0.5) is 11.5 Å². The monoisotopic (exact) mass is 468 g/mol. The molecule has 0 unspecified atom stereocenters. The summed E-state index contributed by atoms with van der Waals surface area (Å²) in [5.41, 5.74) is 3.11. The molecule has 32 heavy (non-hydrogen) atoms. The first-order valence-corrected chi connectivity index (χ1v) is 12.1. The van der Waals surface area contributed by atoms with E-state index < -0.39 is 0 Å². The normalized spacial score (nSPS) is 16.8. The number of rotatable bonds is 6. The number of ether oxygens (including phenoxy) is 1. The molecule has 1 N–H and O–H groups in total. The summed E-state index contributed by atoms with van der Waals surface area (Å²) in [6, 6.07) is 5.99. The molecule has 5 rings (SSSR count). The first kappa shape index (κ1) is 21.2. The topological polar surface area (TPSA) is 93.1 Å². The molecule has 8 nitrogen and oxygen atoms in total. The number of nitrogens with one attached hydrogen (secondary N) is 1. The summed E-state index contributed by atoms with van der Waals surface area (Å²) in [5.74, 6) is 0.989. The lowest BCUT2D eigenvalue weighted by molar-refractivity contribution is -0.135. The fraction of sp³-hybridized carbons (Fsp3) is 0.409. The molecule has 2 atom stereocenters. The van der Waals surface area contributed by atoms with Crippen molar-refractivity contribution in [3.05, 3.63) is 35.0 Å². The lowest BCUT2D eigenvalue weighted by atomic mass is 9.87. The van der Waals surface area contributed by atoms with Crippen molar-refractivity contribution in [1.82, 2.24) is 24.5 Å². The molecule has 3 heterocycles. The van der Waals surface area contributed by atoms with Gasteiger partial charge in [0.25, 0.3) is 0 Å². The largest absolute Gasteiger partial charge is 0.380 e. The lowest BCUT2D eigenvalue weighted by Crippen LogP contribution is -2.39. The summed E-state index contributed by atoms with van der Waals surface area (Å²) in [6.45, 7) is 2.58. The molecule has 1 amide bonds. The Balaban J connectivity index is 1.40. The van der Waals surface area contributed by atoms with E-state index >= 15 is 0 Å². The van der Waals surface area contributed by atoms with Crippen LogP contribution in [0, 0.1) is 5.92 Å². The lowest BCUT2D eigenvalue weighted by Gasteiger charge is -2.28. The number of anilines is 2. The predicted octanol–water partition coefficient (Wildman–Crippen LogP) is 4.04. The zero-order chi connectivity index (χ0) is 22.2. The number of fused-ring (bicyclic) bond motifs is 4. The molecule has 0 fully saturated rings. The van der Waals surface area contributed by atoms with Gasteiger partial charge in [-0.15, -0.1) is 16.4 Å². The number of amides is 1. The van der Waals surface area contributed by atoms with Crippen molar-refractivity contribution >= 4 is 60.7 Å². The van der Waals surface area contributed by atoms with Gasteiger partial charge >= 0.3 is 0 Å². The number of hydrogen-bond donors (Lipinski definition) is 1. The van der Waals surface area contributed by atoms with Crippen LogP contribution >= 0.6 is 22.9 Å². The molecule has 166 valence electrons. The van der Waals surface area contributed by atoms with E-state index in [0.29, 0.717) is 6.54 Å². The standard InChI is InChI=1S/C22H24N6O2S2/c1-12(30-3)10-28(2)22(29)13-4-6-15-17(8-13)31-21-19(15)20(23-11-24-21)25-14-5-7-16-18(9-14)32-27-26-16/h5,7,9,11-13H,4,6,8,10H2,1-3H3,(H,23,24,25)/t12-,13-/m0/s1. The number of carbonyl (C=O) groups excluding carboxylic acids is 1. The third-order valence-electron chi connectivity index (χ3n) is 6.01. The van der Waals surface area contributed by atoms with Crippen LogP contribution in [0.1, 0.15) is 23.8 Å². The Kier molecular flexibility index (Phi) is 5.75. The minimum Gasteiger partial charge on any atom is -0.380 e. The molecule has 3 aromatic heterocycles. The Bertz CT molecular complexity index is 1290. The maximum absolute atomic E-state index is 13.0. The number of likely N-dealkylation sites (N-methyl/N-ethyl adjacent to an activating group) is 1. The van der Waals surface area contributed by atoms with Gasteiger partial charge in [-0.25, -0.2) is 9.97 Å². The van der Waals surface area contributed by atoms with Crippen molar-refractivity contribution in [2.45, 2.75) is 32.3 Å². The van der Waals surface area contributed by atoms with E-state index in [4.69, 9.17) is 4.74 Å². The van der Waals surface area contributed by atoms with Crippen molar-refractivity contribution in [2.75, 3.05) is 26.0 Å². The average molecular weight is 469 g/mol. The second-order valence-corrected chi connectivity index (χ2v) is 10.1. The Morgan fingerprint density at radius 3 is 3.09 bits per heavy atom. The van der Waals surface area contributed by atoms with E-state index in [1.165, 1.54) is 22.0 Å². The second kappa shape index (κ2) is 8.68. The SMILES string of the molecule is CO[C@@H](C)CN(C)C(=O)[C@H]1CCc2c(sc3ncnc(Nc4ccc5nnsc5c4)c23)C1. The first-order chi connectivity index (χ1) is 15.5. The van der Waals surface area contributed by atoms with E-state index in [2.05, 4.69) is 24.9 Å². The molecule has 10 heteroatoms. The van der Waals surface area contributed by atoms with Crippen LogP contribution in [0.25, 0.3) is 20.4 Å². The molecular weight excluding hydrogens is 444 g/mol. The molecular formula is C22H24N6O2S2. The summed E-state index contributed by atoms with van der Waals surface area (Å²) in [7, 11) is 3.53. The quantitative estimate of drug-likeness (QED) is 0.456. The molecule has 4 aromatic rings. The summed E-state index contributed by atoms with van der Waals surface area (Å²) in [5, 5.41) is 8.63. The Morgan fingerprint density at radius 1 is 1.38 bits per heavy atom. The number of carbonyl (C=O) groups is 1. The number of aromatic nitrogens is 4. The minimum absolute atomic E-state index is 0.00442. The zero-order valence-electron chi connectivity index (χ0n) is 18.2. The summed E-state index contributed by atoms with van der Waals surface area (Å²) in [6.07, 6.45) is 4.05. The molecule has 0 aliphatic heterocycles. The maximum atomic E-state index is 13.0. The van der Waals surface area contributed by atoms with Crippen molar-refractivity contribution in [2.24, 2.45) is 5.92 Å². The smallest absolute Gasteiger partial charge is 0.225 e. The molecule has 0 radical (unpaired) electrons. The van der Waals surface area contributed by atoms with Crippen molar-refractivity contribution in [3.8, 4) is 0 Å². The van der Waals surface area contributed by atoms with Crippen LogP contribution in [0.15, 0.2) is 24.5 Å². The van der Waals surface area contributed by atoms with Crippen LogP contribution in [0.5, 0.6) is 0 Å². The van der Waals surface area contributed by atoms with Crippen LogP contribution in [-0.4, -0.2) is 57.2 Å². The van der Waals surface area contributed by atoms with Crippen LogP contribution < -0.4 is 5.32 Å². The highest BCUT2D eigenvalue weighted by molar-refractivity contribution is 7.19. The van der Waals surface area contributed by atoms with Crippen LogP contribution in [0.3, 0.4) is 0 Å². The number of methoxy groups -OCH3 is 1. The summed E-state index contributed by atoms with van der Waals surface area (Å²) < 4.78 is 10.3. The fourth-order valence-electron chi connectivity index (χ4n) is 4.27. The van der Waals surface area contributed by atoms with Crippen LogP contribution in [-0.2, 0) is 22.4 Å². The van der Waals surface area contributed by atoms with Crippen molar-refractivity contribution in [1.29, 1.82) is 0 Å². The van der Waals surface area contributed by atoms with Gasteiger partial charge in [0.15, 0.2) is 0 Å². The van der Waals surface area contributed by atoms with Crippen molar-refractivity contribution in [3.63, 3.8) is 0 Å². The van der Waals surface area contributed by atoms with Gasteiger partial charge in [0.1, 0.15) is 22.5 Å². The molecule has 0 saturated heterocycles. The van der Waals surface area contributed by atoms with E-state index in [-0.39, 0.29) is 17.9 Å². The highest BCUT2D eigenvalue weighted by Crippen LogP contribution is 2.41. The van der Waals surface area contributed by atoms with Gasteiger partial charge in [0.05, 0.1) is 16.2 Å². The van der Waals surface area contributed by atoms with Gasteiger partial charge < -0.3 is 15.0 Å². The number of benzene rings is 1. The van der Waals surface area contributed by atoms with E-state index in [9.17, 15) is 4.79 Å². The molecule has 1 aromatic carbocycles. The third-order valence-corrected chi connectivity index (χ3v) is 7.86. The van der Waals surface area contributed by atoms with Gasteiger partial charge in [-0.1, -0.05) is 4.49 Å². The first-order valence-electron chi connectivity index (χ1n) is 10.6. The molecule has 1 aliphatic carbocycles. The van der Waals surface area contributed by atoms with Gasteiger partial charge in [-0.2, -0.15) is 0 Å². The summed E-state index contributed by atoms with van der Waals surface area (Å²) >= 11 is 3.05. The number of nitrogens with zero attached hydrogens (tertiary/aromatic N) is 5. The van der Waals surface area contributed by atoms with Crippen LogP contribution in [0.2, 0.25) is 0 Å². The van der Waals surface area contributed by atoms with Gasteiger partial charge in [0, 0.05) is 37.2 Å². The number of aryl methyl sites for hydroxylation is 1. The van der Waals surface area contributed by atoms with Gasteiger partial charge in [0.2, 0.25) is 5.91 Å². The number of thiophene rings is 1. The Labute approximate surface area is 193 Å². The third kappa shape index (κ3) is 3.94. The Hall–Kier alpha value is -2.69. The highest BCUT2D eigenvalue weighted by Gasteiger charge is 2.31. The van der Waals surface area contributed by atoms with E-state index in [1.54, 1.807) is 29.7 Å². The zero-order valence-corrected chi connectivity index (χ0v) is 19.8. The second-order valence-electron chi connectivity index (χ2n) is 8.19.